The van der Waals surface area contributed by atoms with Crippen molar-refractivity contribution < 1.29 is 17.9 Å². The fourth-order valence-corrected chi connectivity index (χ4v) is 3.44. The number of benzene rings is 1. The highest BCUT2D eigenvalue weighted by Gasteiger charge is 2.17. The van der Waals surface area contributed by atoms with Crippen molar-refractivity contribution in [1.29, 1.82) is 0 Å². The molecule has 0 atom stereocenters. The van der Waals surface area contributed by atoms with Crippen molar-refractivity contribution in [3.8, 4) is 0 Å². The van der Waals surface area contributed by atoms with Gasteiger partial charge >= 0.3 is 5.97 Å². The van der Waals surface area contributed by atoms with Crippen LogP contribution in [0.15, 0.2) is 27.6 Å². The molecule has 0 fully saturated rings. The Labute approximate surface area is 119 Å². The van der Waals surface area contributed by atoms with Gasteiger partial charge in [0.2, 0.25) is 0 Å². The number of unbranched alkanes of at least 4 members (excludes halogenated alkanes) is 1. The monoisotopic (exact) mass is 354 g/mol. The van der Waals surface area contributed by atoms with Gasteiger partial charge in [0, 0.05) is 15.2 Å². The molecular weight excluding hydrogens is 344 g/mol. The van der Waals surface area contributed by atoms with E-state index in [1.807, 2.05) is 6.92 Å². The largest absolute Gasteiger partial charge is 0.462 e. The number of halogens is 2. The second-order valence-corrected chi connectivity index (χ2v) is 6.96. The third-order valence-electron chi connectivity index (χ3n) is 2.16. The Morgan fingerprint density at radius 1 is 1.44 bits per heavy atom. The molecule has 0 saturated carbocycles. The SMILES string of the molecule is CCCCOC(=O)c1ccc(S(=O)(=O)Cl)c(Br)c1. The minimum atomic E-state index is -3.82. The summed E-state index contributed by atoms with van der Waals surface area (Å²) in [5, 5.41) is 0. The normalized spacial score (nSPS) is 11.3. The summed E-state index contributed by atoms with van der Waals surface area (Å²) in [6, 6.07) is 4.01. The second kappa shape index (κ2) is 6.54. The van der Waals surface area contributed by atoms with Crippen LogP contribution in [-0.2, 0) is 13.8 Å². The molecule has 1 rings (SSSR count). The van der Waals surface area contributed by atoms with Gasteiger partial charge in [-0.05, 0) is 40.5 Å². The first-order chi connectivity index (χ1) is 8.36. The van der Waals surface area contributed by atoms with Gasteiger partial charge in [-0.2, -0.15) is 0 Å². The number of ether oxygens (including phenoxy) is 1. The van der Waals surface area contributed by atoms with Gasteiger partial charge in [0.05, 0.1) is 17.1 Å². The van der Waals surface area contributed by atoms with E-state index in [0.29, 0.717) is 6.61 Å². The molecule has 0 aromatic heterocycles. The molecule has 18 heavy (non-hydrogen) atoms. The number of carbonyl (C=O) groups is 1. The molecule has 0 N–H and O–H groups in total. The van der Waals surface area contributed by atoms with Crippen LogP contribution < -0.4 is 0 Å². The number of hydrogen-bond acceptors (Lipinski definition) is 4. The molecule has 0 amide bonds. The standard InChI is InChI=1S/C11H12BrClO4S/c1-2-3-6-17-11(14)8-4-5-10(9(12)7-8)18(13,15)16/h4-5,7H,2-3,6H2,1H3. The zero-order chi connectivity index (χ0) is 13.8. The Balaban J connectivity index is 2.88. The summed E-state index contributed by atoms with van der Waals surface area (Å²) in [6.45, 7) is 2.34. The maximum Gasteiger partial charge on any atom is 0.338 e. The van der Waals surface area contributed by atoms with Crippen LogP contribution in [0.5, 0.6) is 0 Å². The van der Waals surface area contributed by atoms with Gasteiger partial charge in [0.1, 0.15) is 0 Å². The lowest BCUT2D eigenvalue weighted by molar-refractivity contribution is 0.0499. The molecule has 0 saturated heterocycles. The average molecular weight is 356 g/mol. The Bertz CT molecular complexity index is 542. The van der Waals surface area contributed by atoms with Crippen LogP contribution in [0, 0.1) is 0 Å². The fourth-order valence-electron chi connectivity index (χ4n) is 1.22. The van der Waals surface area contributed by atoms with Crippen LogP contribution in [-0.4, -0.2) is 21.0 Å². The molecule has 1 aromatic carbocycles. The lowest BCUT2D eigenvalue weighted by Crippen LogP contribution is -2.07. The van der Waals surface area contributed by atoms with Crippen LogP contribution >= 0.6 is 26.6 Å². The third kappa shape index (κ3) is 4.26. The first kappa shape index (κ1) is 15.5. The first-order valence-corrected chi connectivity index (χ1v) is 8.38. The Kier molecular flexibility index (Phi) is 5.62. The fraction of sp³-hybridized carbons (Fsp3) is 0.364. The summed E-state index contributed by atoms with van der Waals surface area (Å²) < 4.78 is 27.6. The van der Waals surface area contributed by atoms with Gasteiger partial charge in [0.25, 0.3) is 9.05 Å². The molecule has 1 aromatic rings. The number of esters is 1. The quantitative estimate of drug-likeness (QED) is 0.462. The van der Waals surface area contributed by atoms with E-state index in [1.165, 1.54) is 18.2 Å². The maximum atomic E-state index is 11.6. The Hall–Kier alpha value is -0.590. The van der Waals surface area contributed by atoms with E-state index < -0.39 is 15.0 Å². The van der Waals surface area contributed by atoms with Crippen molar-refractivity contribution in [2.24, 2.45) is 0 Å². The molecule has 0 spiro atoms. The van der Waals surface area contributed by atoms with E-state index >= 15 is 0 Å². The van der Waals surface area contributed by atoms with Crippen molar-refractivity contribution in [2.75, 3.05) is 6.61 Å². The molecule has 0 bridgehead atoms. The maximum absolute atomic E-state index is 11.6. The highest BCUT2D eigenvalue weighted by atomic mass is 79.9. The second-order valence-electron chi connectivity index (χ2n) is 3.57. The van der Waals surface area contributed by atoms with Gasteiger partial charge in [-0.25, -0.2) is 13.2 Å². The van der Waals surface area contributed by atoms with Crippen molar-refractivity contribution in [3.05, 3.63) is 28.2 Å². The van der Waals surface area contributed by atoms with Gasteiger partial charge < -0.3 is 4.74 Å². The van der Waals surface area contributed by atoms with Gasteiger partial charge in [-0.15, -0.1) is 0 Å². The zero-order valence-electron chi connectivity index (χ0n) is 9.65. The number of carbonyl (C=O) groups excluding carboxylic acids is 1. The molecule has 0 unspecified atom stereocenters. The molecule has 0 radical (unpaired) electrons. The molecule has 7 heteroatoms. The smallest absolute Gasteiger partial charge is 0.338 e. The van der Waals surface area contributed by atoms with E-state index in [4.69, 9.17) is 15.4 Å². The molecule has 100 valence electrons. The lowest BCUT2D eigenvalue weighted by Gasteiger charge is -2.06. The van der Waals surface area contributed by atoms with Gasteiger partial charge in [-0.3, -0.25) is 0 Å². The number of hydrogen-bond donors (Lipinski definition) is 0. The van der Waals surface area contributed by atoms with Crippen LogP contribution in [0.3, 0.4) is 0 Å². The Morgan fingerprint density at radius 3 is 2.61 bits per heavy atom. The molecule has 0 aliphatic heterocycles. The predicted molar refractivity (Wildman–Crippen MR) is 72.4 cm³/mol. The minimum absolute atomic E-state index is 0.0747. The van der Waals surface area contributed by atoms with Crippen molar-refractivity contribution >= 4 is 41.6 Å². The van der Waals surface area contributed by atoms with Crippen LogP contribution in [0.1, 0.15) is 30.1 Å². The minimum Gasteiger partial charge on any atom is -0.462 e. The summed E-state index contributed by atoms with van der Waals surface area (Å²) in [4.78, 5) is 11.5. The van der Waals surface area contributed by atoms with Gasteiger partial charge in [0.15, 0.2) is 0 Å². The van der Waals surface area contributed by atoms with Crippen molar-refractivity contribution in [1.82, 2.24) is 0 Å². The summed E-state index contributed by atoms with van der Waals surface area (Å²) in [7, 11) is 1.40. The zero-order valence-corrected chi connectivity index (χ0v) is 12.8. The van der Waals surface area contributed by atoms with E-state index in [-0.39, 0.29) is 14.9 Å². The summed E-state index contributed by atoms with van der Waals surface area (Å²) in [5.41, 5.74) is 0.280. The summed E-state index contributed by atoms with van der Waals surface area (Å²) in [6.07, 6.45) is 1.72. The van der Waals surface area contributed by atoms with E-state index in [2.05, 4.69) is 15.9 Å². The molecule has 4 nitrogen and oxygen atoms in total. The van der Waals surface area contributed by atoms with E-state index in [0.717, 1.165) is 12.8 Å². The Morgan fingerprint density at radius 2 is 2.11 bits per heavy atom. The highest BCUT2D eigenvalue weighted by Crippen LogP contribution is 2.26. The highest BCUT2D eigenvalue weighted by molar-refractivity contribution is 9.10. The van der Waals surface area contributed by atoms with E-state index in [9.17, 15) is 13.2 Å². The molecule has 0 aliphatic carbocycles. The van der Waals surface area contributed by atoms with Crippen molar-refractivity contribution in [3.63, 3.8) is 0 Å². The van der Waals surface area contributed by atoms with Crippen molar-refractivity contribution in [2.45, 2.75) is 24.7 Å². The first-order valence-electron chi connectivity index (χ1n) is 5.27. The van der Waals surface area contributed by atoms with Crippen LogP contribution in [0.4, 0.5) is 0 Å². The average Bonchev–Trinajstić information content (AvgIpc) is 2.27. The molecular formula is C11H12BrClO4S. The van der Waals surface area contributed by atoms with Crippen LogP contribution in [0.2, 0.25) is 0 Å². The summed E-state index contributed by atoms with van der Waals surface area (Å²) in [5.74, 6) is -0.484. The molecule has 0 heterocycles. The lowest BCUT2D eigenvalue weighted by atomic mass is 10.2. The molecule has 0 aliphatic rings. The summed E-state index contributed by atoms with van der Waals surface area (Å²) >= 11 is 3.06. The number of rotatable bonds is 5. The van der Waals surface area contributed by atoms with Crippen LogP contribution in [0.25, 0.3) is 0 Å². The van der Waals surface area contributed by atoms with E-state index in [1.54, 1.807) is 0 Å². The van der Waals surface area contributed by atoms with Gasteiger partial charge in [-0.1, -0.05) is 13.3 Å². The third-order valence-corrected chi connectivity index (χ3v) is 4.46. The predicted octanol–water partition coefficient (Wildman–Crippen LogP) is 3.33. The topological polar surface area (TPSA) is 60.4 Å².